The minimum Gasteiger partial charge on any atom is -0.370 e. The maximum absolute atomic E-state index is 12.8. The van der Waals surface area contributed by atoms with Crippen LogP contribution in [0.1, 0.15) is 60.7 Å². The second-order valence-electron chi connectivity index (χ2n) is 8.87. The highest BCUT2D eigenvalue weighted by atomic mass is 16.2. The van der Waals surface area contributed by atoms with E-state index in [-0.39, 0.29) is 30.6 Å². The third kappa shape index (κ3) is 5.38. The fourth-order valence-electron chi connectivity index (χ4n) is 4.68. The molecule has 2 aliphatic heterocycles. The SMILES string of the molecule is Cc1nc(C2CCN(C(=O)CCC(N)=O)CC2)nc2c1CCC(=O)N2CCc1ccccc1. The van der Waals surface area contributed by atoms with E-state index >= 15 is 0 Å². The van der Waals surface area contributed by atoms with Crippen LogP contribution >= 0.6 is 0 Å². The van der Waals surface area contributed by atoms with Crippen LogP contribution in [0, 0.1) is 6.92 Å². The van der Waals surface area contributed by atoms with Crippen molar-refractivity contribution in [1.29, 1.82) is 0 Å². The number of carbonyl (C=O) groups is 3. The molecule has 3 heterocycles. The Morgan fingerprint density at radius 3 is 2.48 bits per heavy atom. The number of primary amides is 1. The quantitative estimate of drug-likeness (QED) is 0.697. The number of nitrogens with two attached hydrogens (primary N) is 1. The van der Waals surface area contributed by atoms with E-state index in [1.807, 2.05) is 30.0 Å². The fraction of sp³-hybridized carbons (Fsp3) is 0.480. The van der Waals surface area contributed by atoms with Crippen molar-refractivity contribution < 1.29 is 14.4 Å². The highest BCUT2D eigenvalue weighted by Crippen LogP contribution is 2.32. The van der Waals surface area contributed by atoms with Crippen LogP contribution in [0.25, 0.3) is 0 Å². The highest BCUT2D eigenvalue weighted by Gasteiger charge is 2.31. The summed E-state index contributed by atoms with van der Waals surface area (Å²) in [6, 6.07) is 10.2. The molecule has 0 radical (unpaired) electrons. The van der Waals surface area contributed by atoms with Gasteiger partial charge in [-0.2, -0.15) is 0 Å². The number of amides is 3. The number of aromatic nitrogens is 2. The van der Waals surface area contributed by atoms with Crippen LogP contribution in [0.5, 0.6) is 0 Å². The molecule has 4 rings (SSSR count). The summed E-state index contributed by atoms with van der Waals surface area (Å²) < 4.78 is 0. The van der Waals surface area contributed by atoms with Crippen molar-refractivity contribution in [3.63, 3.8) is 0 Å². The molecule has 33 heavy (non-hydrogen) atoms. The van der Waals surface area contributed by atoms with Crippen molar-refractivity contribution in [1.82, 2.24) is 14.9 Å². The van der Waals surface area contributed by atoms with Gasteiger partial charge in [0.1, 0.15) is 11.6 Å². The summed E-state index contributed by atoms with van der Waals surface area (Å²) in [6.07, 6.45) is 3.70. The van der Waals surface area contributed by atoms with Crippen molar-refractivity contribution in [2.75, 3.05) is 24.5 Å². The molecule has 0 saturated carbocycles. The van der Waals surface area contributed by atoms with E-state index in [1.165, 1.54) is 5.56 Å². The first-order valence-electron chi connectivity index (χ1n) is 11.7. The molecule has 3 amide bonds. The van der Waals surface area contributed by atoms with Gasteiger partial charge in [-0.05, 0) is 38.2 Å². The predicted octanol–water partition coefficient (Wildman–Crippen LogP) is 2.28. The van der Waals surface area contributed by atoms with E-state index in [0.717, 1.165) is 42.2 Å². The van der Waals surface area contributed by atoms with Crippen LogP contribution in [-0.4, -0.2) is 52.2 Å². The molecule has 0 spiro atoms. The molecule has 8 nitrogen and oxygen atoms in total. The third-order valence-electron chi connectivity index (χ3n) is 6.62. The van der Waals surface area contributed by atoms with Crippen molar-refractivity contribution >= 4 is 23.5 Å². The molecule has 1 fully saturated rings. The third-order valence-corrected chi connectivity index (χ3v) is 6.62. The smallest absolute Gasteiger partial charge is 0.228 e. The van der Waals surface area contributed by atoms with E-state index in [4.69, 9.17) is 15.7 Å². The molecule has 2 aromatic rings. The minimum absolute atomic E-state index is 0.0347. The number of anilines is 1. The number of fused-ring (bicyclic) bond motifs is 1. The first-order chi connectivity index (χ1) is 15.9. The van der Waals surface area contributed by atoms with E-state index < -0.39 is 5.91 Å². The van der Waals surface area contributed by atoms with E-state index in [2.05, 4.69) is 12.1 Å². The van der Waals surface area contributed by atoms with Gasteiger partial charge in [0.2, 0.25) is 17.7 Å². The summed E-state index contributed by atoms with van der Waals surface area (Å²) in [5.41, 5.74) is 8.35. The molecule has 1 aromatic carbocycles. The molecular weight excluding hydrogens is 418 g/mol. The van der Waals surface area contributed by atoms with Gasteiger partial charge >= 0.3 is 0 Å². The summed E-state index contributed by atoms with van der Waals surface area (Å²) in [5, 5.41) is 0. The average molecular weight is 450 g/mol. The van der Waals surface area contributed by atoms with Gasteiger partial charge in [0.25, 0.3) is 0 Å². The largest absolute Gasteiger partial charge is 0.370 e. The zero-order valence-corrected chi connectivity index (χ0v) is 19.1. The van der Waals surface area contributed by atoms with Gasteiger partial charge in [0.15, 0.2) is 0 Å². The summed E-state index contributed by atoms with van der Waals surface area (Å²) in [7, 11) is 0. The number of carbonyl (C=O) groups excluding carboxylic acids is 3. The number of aryl methyl sites for hydroxylation is 1. The van der Waals surface area contributed by atoms with Gasteiger partial charge < -0.3 is 10.6 Å². The lowest BCUT2D eigenvalue weighted by Gasteiger charge is -2.33. The lowest BCUT2D eigenvalue weighted by atomic mass is 9.94. The molecule has 0 unspecified atom stereocenters. The first kappa shape index (κ1) is 22.9. The molecule has 0 aliphatic carbocycles. The first-order valence-corrected chi connectivity index (χ1v) is 11.7. The zero-order valence-electron chi connectivity index (χ0n) is 19.1. The molecule has 174 valence electrons. The molecular formula is C25H31N5O3. The molecule has 1 aromatic heterocycles. The second-order valence-corrected chi connectivity index (χ2v) is 8.87. The van der Waals surface area contributed by atoms with Gasteiger partial charge in [0, 0.05) is 56.1 Å². The van der Waals surface area contributed by atoms with Crippen molar-refractivity contribution in [2.24, 2.45) is 5.73 Å². The Hall–Kier alpha value is -3.29. The number of nitrogens with zero attached hydrogens (tertiary/aromatic N) is 4. The monoisotopic (exact) mass is 449 g/mol. The zero-order chi connectivity index (χ0) is 23.4. The van der Waals surface area contributed by atoms with E-state index in [9.17, 15) is 14.4 Å². The Morgan fingerprint density at radius 2 is 1.79 bits per heavy atom. The Morgan fingerprint density at radius 1 is 1.06 bits per heavy atom. The number of rotatable bonds is 7. The summed E-state index contributed by atoms with van der Waals surface area (Å²) in [5.74, 6) is 1.27. The lowest BCUT2D eigenvalue weighted by Crippen LogP contribution is -2.40. The summed E-state index contributed by atoms with van der Waals surface area (Å²) >= 11 is 0. The van der Waals surface area contributed by atoms with Crippen molar-refractivity contribution in [2.45, 2.75) is 57.8 Å². The molecule has 8 heteroatoms. The minimum atomic E-state index is -0.456. The van der Waals surface area contributed by atoms with Crippen LogP contribution in [0.15, 0.2) is 30.3 Å². The standard InChI is InChI=1S/C25H31N5O3/c1-17-20-7-9-23(33)30(16-11-18-5-3-2-4-6-18)25(20)28-24(27-17)19-12-14-29(15-13-19)22(32)10-8-21(26)31/h2-6,19H,7-16H2,1H3,(H2,26,31). The molecule has 2 aliphatic rings. The number of likely N-dealkylation sites (tertiary alicyclic amines) is 1. The number of piperidine rings is 1. The second kappa shape index (κ2) is 10.1. The maximum Gasteiger partial charge on any atom is 0.228 e. The average Bonchev–Trinajstić information content (AvgIpc) is 2.82. The van der Waals surface area contributed by atoms with Gasteiger partial charge in [-0.1, -0.05) is 30.3 Å². The predicted molar refractivity (Wildman–Crippen MR) is 125 cm³/mol. The highest BCUT2D eigenvalue weighted by molar-refractivity contribution is 5.95. The topological polar surface area (TPSA) is 109 Å². The number of hydrogen-bond acceptors (Lipinski definition) is 5. The van der Waals surface area contributed by atoms with Crippen LogP contribution in [-0.2, 0) is 27.2 Å². The Kier molecular flexibility index (Phi) is 7.01. The van der Waals surface area contributed by atoms with Gasteiger partial charge in [-0.3, -0.25) is 19.3 Å². The van der Waals surface area contributed by atoms with Gasteiger partial charge in [0.05, 0.1) is 0 Å². The van der Waals surface area contributed by atoms with Gasteiger partial charge in [-0.15, -0.1) is 0 Å². The summed E-state index contributed by atoms with van der Waals surface area (Å²) in [4.78, 5) is 49.4. The molecule has 0 bridgehead atoms. The van der Waals surface area contributed by atoms with E-state index in [0.29, 0.717) is 32.5 Å². The summed E-state index contributed by atoms with van der Waals surface area (Å²) in [6.45, 7) is 3.81. The Bertz CT molecular complexity index is 1030. The van der Waals surface area contributed by atoms with Crippen molar-refractivity contribution in [3.8, 4) is 0 Å². The van der Waals surface area contributed by atoms with E-state index in [1.54, 1.807) is 4.90 Å². The van der Waals surface area contributed by atoms with Gasteiger partial charge in [-0.25, -0.2) is 9.97 Å². The Balaban J connectivity index is 1.47. The van der Waals surface area contributed by atoms with Crippen LogP contribution in [0.4, 0.5) is 5.82 Å². The van der Waals surface area contributed by atoms with Crippen molar-refractivity contribution in [3.05, 3.63) is 53.0 Å². The molecule has 2 N–H and O–H groups in total. The van der Waals surface area contributed by atoms with Crippen LogP contribution in [0.3, 0.4) is 0 Å². The van der Waals surface area contributed by atoms with Crippen LogP contribution in [0.2, 0.25) is 0 Å². The van der Waals surface area contributed by atoms with Crippen LogP contribution < -0.4 is 10.6 Å². The number of hydrogen-bond donors (Lipinski definition) is 1. The normalized spacial score (nSPS) is 16.6. The lowest BCUT2D eigenvalue weighted by molar-refractivity contribution is -0.134. The Labute approximate surface area is 194 Å². The number of benzene rings is 1. The fourth-order valence-corrected chi connectivity index (χ4v) is 4.68. The maximum atomic E-state index is 12.8. The molecule has 0 atom stereocenters. The molecule has 1 saturated heterocycles.